The topological polar surface area (TPSA) is 39.2 Å². The minimum Gasteiger partial charge on any atom is -0.465 e. The van der Waals surface area contributed by atoms with Gasteiger partial charge >= 0.3 is 5.97 Å². The molecule has 1 rings (SSSR count). The number of nitrogens with zero attached hydrogens (tertiary/aromatic N) is 1. The third-order valence-electron chi connectivity index (χ3n) is 1.15. The van der Waals surface area contributed by atoms with Gasteiger partial charge in [0.1, 0.15) is 5.15 Å². The van der Waals surface area contributed by atoms with Crippen LogP contribution in [0.1, 0.15) is 24.2 Å². The number of hydrogen-bond acceptors (Lipinski definition) is 3. The zero-order valence-electron chi connectivity index (χ0n) is 7.87. The molecule has 13 heavy (non-hydrogen) atoms. The molecule has 0 aromatic carbocycles. The van der Waals surface area contributed by atoms with Crippen molar-refractivity contribution < 1.29 is 9.53 Å². The average Bonchev–Trinajstić information content (AvgIpc) is 2.21. The first-order chi connectivity index (χ1) is 6.24. The first kappa shape index (κ1) is 11.9. The predicted octanol–water partition coefficient (Wildman–Crippen LogP) is 2.55. The number of rotatable bonds is 1. The number of carbonyl (C=O) groups excluding carboxylic acids is 1. The quantitative estimate of drug-likeness (QED) is 0.518. The van der Waals surface area contributed by atoms with Gasteiger partial charge < -0.3 is 4.74 Å². The average molecular weight is 202 g/mol. The fourth-order valence-electron chi connectivity index (χ4n) is 0.614. The second-order valence-electron chi connectivity index (χ2n) is 1.86. The fraction of sp³-hybridized carbons (Fsp3) is 0.333. The zero-order chi connectivity index (χ0) is 10.3. The molecule has 0 saturated heterocycles. The van der Waals surface area contributed by atoms with E-state index in [-0.39, 0.29) is 0 Å². The lowest BCUT2D eigenvalue weighted by Gasteiger charge is -1.96. The van der Waals surface area contributed by atoms with Crippen LogP contribution in [0.25, 0.3) is 0 Å². The van der Waals surface area contributed by atoms with E-state index in [0.717, 1.165) is 0 Å². The van der Waals surface area contributed by atoms with Crippen LogP contribution in [0, 0.1) is 0 Å². The van der Waals surface area contributed by atoms with E-state index in [2.05, 4.69) is 9.72 Å². The van der Waals surface area contributed by atoms with E-state index in [1.54, 1.807) is 6.07 Å². The van der Waals surface area contributed by atoms with Gasteiger partial charge in [0.05, 0.1) is 12.7 Å². The summed E-state index contributed by atoms with van der Waals surface area (Å²) < 4.78 is 4.45. The summed E-state index contributed by atoms with van der Waals surface area (Å²) in [5, 5.41) is 0.359. The molecule has 3 nitrogen and oxygen atoms in total. The molecule has 0 aliphatic rings. The van der Waals surface area contributed by atoms with E-state index >= 15 is 0 Å². The van der Waals surface area contributed by atoms with Crippen LogP contribution < -0.4 is 0 Å². The van der Waals surface area contributed by atoms with Gasteiger partial charge in [-0.05, 0) is 12.1 Å². The first-order valence-electron chi connectivity index (χ1n) is 3.94. The van der Waals surface area contributed by atoms with Gasteiger partial charge in [-0.1, -0.05) is 25.4 Å². The van der Waals surface area contributed by atoms with Crippen molar-refractivity contribution in [2.45, 2.75) is 13.8 Å². The maximum absolute atomic E-state index is 10.8. The molecule has 0 saturated carbocycles. The van der Waals surface area contributed by atoms with Crippen LogP contribution in [-0.4, -0.2) is 18.1 Å². The van der Waals surface area contributed by atoms with E-state index in [0.29, 0.717) is 10.7 Å². The molecular weight excluding hydrogens is 190 g/mol. The van der Waals surface area contributed by atoms with Gasteiger partial charge in [-0.15, -0.1) is 0 Å². The molecule has 0 aliphatic carbocycles. The van der Waals surface area contributed by atoms with Crippen LogP contribution in [0.4, 0.5) is 0 Å². The van der Waals surface area contributed by atoms with Gasteiger partial charge in [-0.3, -0.25) is 0 Å². The number of esters is 1. The monoisotopic (exact) mass is 201 g/mol. The van der Waals surface area contributed by atoms with Crippen LogP contribution in [-0.2, 0) is 4.74 Å². The standard InChI is InChI=1S/C7H6ClNO2.C2H6/c1-11-7(10)5-2-3-6(8)9-4-5;1-2/h2-4H,1H3;1-2H3. The fourth-order valence-corrected chi connectivity index (χ4v) is 0.726. The molecule has 0 spiro atoms. The highest BCUT2D eigenvalue weighted by molar-refractivity contribution is 6.29. The highest BCUT2D eigenvalue weighted by Gasteiger charge is 2.03. The Morgan fingerprint density at radius 3 is 2.46 bits per heavy atom. The van der Waals surface area contributed by atoms with Crippen molar-refractivity contribution in [2.75, 3.05) is 7.11 Å². The molecule has 0 unspecified atom stereocenters. The Balaban J connectivity index is 0.000000671. The van der Waals surface area contributed by atoms with Gasteiger partial charge in [-0.25, -0.2) is 9.78 Å². The van der Waals surface area contributed by atoms with Crippen LogP contribution in [0.2, 0.25) is 5.15 Å². The molecule has 0 fully saturated rings. The molecule has 0 atom stereocenters. The minimum atomic E-state index is -0.408. The lowest BCUT2D eigenvalue weighted by atomic mass is 10.3. The zero-order valence-corrected chi connectivity index (χ0v) is 8.63. The Hall–Kier alpha value is -1.09. The van der Waals surface area contributed by atoms with Crippen LogP contribution in [0.5, 0.6) is 0 Å². The molecule has 0 amide bonds. The highest BCUT2D eigenvalue weighted by atomic mass is 35.5. The SMILES string of the molecule is CC.COC(=O)c1ccc(Cl)nc1. The molecule has 0 radical (unpaired) electrons. The maximum Gasteiger partial charge on any atom is 0.339 e. The van der Waals surface area contributed by atoms with Gasteiger partial charge in [0.25, 0.3) is 0 Å². The molecule has 1 aromatic rings. The smallest absolute Gasteiger partial charge is 0.339 e. The van der Waals surface area contributed by atoms with E-state index in [4.69, 9.17) is 11.6 Å². The van der Waals surface area contributed by atoms with Crippen molar-refractivity contribution in [3.05, 3.63) is 29.0 Å². The maximum atomic E-state index is 10.8. The van der Waals surface area contributed by atoms with Gasteiger partial charge in [0.2, 0.25) is 0 Å². The van der Waals surface area contributed by atoms with E-state index in [9.17, 15) is 4.79 Å². The summed E-state index contributed by atoms with van der Waals surface area (Å²) in [5.41, 5.74) is 0.400. The number of carbonyl (C=O) groups is 1. The number of aromatic nitrogens is 1. The van der Waals surface area contributed by atoms with Crippen LogP contribution in [0.15, 0.2) is 18.3 Å². The third kappa shape index (κ3) is 3.90. The second kappa shape index (κ2) is 6.43. The van der Waals surface area contributed by atoms with Gasteiger partial charge in [-0.2, -0.15) is 0 Å². The predicted molar refractivity (Wildman–Crippen MR) is 51.9 cm³/mol. The Morgan fingerprint density at radius 1 is 1.46 bits per heavy atom. The van der Waals surface area contributed by atoms with Gasteiger partial charge in [0, 0.05) is 6.20 Å². The Morgan fingerprint density at radius 2 is 2.08 bits per heavy atom. The number of ether oxygens (including phenoxy) is 1. The number of hydrogen-bond donors (Lipinski definition) is 0. The van der Waals surface area contributed by atoms with Gasteiger partial charge in [0.15, 0.2) is 0 Å². The minimum absolute atomic E-state index is 0.359. The largest absolute Gasteiger partial charge is 0.465 e. The number of halogens is 1. The number of pyridine rings is 1. The summed E-state index contributed by atoms with van der Waals surface area (Å²) in [5.74, 6) is -0.408. The van der Waals surface area contributed by atoms with E-state index in [1.807, 2.05) is 13.8 Å². The first-order valence-corrected chi connectivity index (χ1v) is 4.31. The second-order valence-corrected chi connectivity index (χ2v) is 2.25. The lowest BCUT2D eigenvalue weighted by molar-refractivity contribution is 0.0600. The summed E-state index contributed by atoms with van der Waals surface area (Å²) >= 11 is 5.50. The Labute approximate surface area is 82.7 Å². The summed E-state index contributed by atoms with van der Waals surface area (Å²) in [6.07, 6.45) is 1.37. The molecule has 0 N–H and O–H groups in total. The lowest BCUT2D eigenvalue weighted by Crippen LogP contribution is -2.00. The molecular formula is C9H12ClNO2. The van der Waals surface area contributed by atoms with Crippen LogP contribution >= 0.6 is 11.6 Å². The molecule has 0 bridgehead atoms. The van der Waals surface area contributed by atoms with Crippen molar-refractivity contribution in [3.63, 3.8) is 0 Å². The van der Waals surface area contributed by atoms with Crippen molar-refractivity contribution in [2.24, 2.45) is 0 Å². The molecule has 4 heteroatoms. The summed E-state index contributed by atoms with van der Waals surface area (Å²) in [6, 6.07) is 3.09. The van der Waals surface area contributed by atoms with Crippen molar-refractivity contribution in [1.29, 1.82) is 0 Å². The van der Waals surface area contributed by atoms with E-state index < -0.39 is 5.97 Å². The van der Waals surface area contributed by atoms with Crippen molar-refractivity contribution in [3.8, 4) is 0 Å². The Kier molecular flexibility index (Phi) is 5.89. The normalized spacial score (nSPS) is 8.31. The highest BCUT2D eigenvalue weighted by Crippen LogP contribution is 2.05. The molecule has 1 aromatic heterocycles. The molecule has 72 valence electrons. The number of methoxy groups -OCH3 is 1. The van der Waals surface area contributed by atoms with E-state index in [1.165, 1.54) is 19.4 Å². The third-order valence-corrected chi connectivity index (χ3v) is 1.37. The molecule has 1 heterocycles. The summed E-state index contributed by atoms with van der Waals surface area (Å²) in [6.45, 7) is 4.00. The Bertz CT molecular complexity index is 259. The molecule has 0 aliphatic heterocycles. The van der Waals surface area contributed by atoms with Crippen molar-refractivity contribution >= 4 is 17.6 Å². The van der Waals surface area contributed by atoms with Crippen molar-refractivity contribution in [1.82, 2.24) is 4.98 Å². The van der Waals surface area contributed by atoms with Crippen LogP contribution in [0.3, 0.4) is 0 Å². The summed E-state index contributed by atoms with van der Waals surface area (Å²) in [7, 11) is 1.32. The summed E-state index contributed by atoms with van der Waals surface area (Å²) in [4.78, 5) is 14.5.